The zero-order chi connectivity index (χ0) is 21.1. The molecule has 1 aromatic heterocycles. The number of amides is 1. The summed E-state index contributed by atoms with van der Waals surface area (Å²) in [6.07, 6.45) is 1.60. The molecule has 1 fully saturated rings. The van der Waals surface area contributed by atoms with E-state index in [0.717, 1.165) is 19.4 Å². The van der Waals surface area contributed by atoms with Gasteiger partial charge in [-0.25, -0.2) is 4.39 Å². The minimum Gasteiger partial charge on any atom is -0.354 e. The standard InChI is InChI=1S/C22H20ClFN4O2/c23-16-3-7-18(8-4-16)25-22(30)15-2-1-13-27(14-15)20-11-12-21(29)28(26-20)19-9-5-17(24)6-10-19/h3-12,15H,1-2,13-14H2,(H,25,30)/t15-/m1/s1. The van der Waals surface area contributed by atoms with Gasteiger partial charge in [0.25, 0.3) is 5.56 Å². The molecule has 1 aliphatic rings. The third-order valence-corrected chi connectivity index (χ3v) is 5.34. The van der Waals surface area contributed by atoms with Crippen LogP contribution in [0, 0.1) is 11.7 Å². The minimum atomic E-state index is -0.381. The Morgan fingerprint density at radius 3 is 2.53 bits per heavy atom. The van der Waals surface area contributed by atoms with Gasteiger partial charge in [-0.1, -0.05) is 11.6 Å². The molecule has 1 saturated heterocycles. The first-order chi connectivity index (χ1) is 14.5. The summed E-state index contributed by atoms with van der Waals surface area (Å²) in [6, 6.07) is 15.7. The van der Waals surface area contributed by atoms with Crippen LogP contribution in [0.3, 0.4) is 0 Å². The number of carbonyl (C=O) groups is 1. The van der Waals surface area contributed by atoms with Crippen molar-refractivity contribution in [2.24, 2.45) is 5.92 Å². The van der Waals surface area contributed by atoms with E-state index in [0.29, 0.717) is 28.8 Å². The number of hydrogen-bond donors (Lipinski definition) is 1. The van der Waals surface area contributed by atoms with Gasteiger partial charge in [0.15, 0.2) is 0 Å². The lowest BCUT2D eigenvalue weighted by Gasteiger charge is -2.32. The summed E-state index contributed by atoms with van der Waals surface area (Å²) in [5.74, 6) is -0.0484. The van der Waals surface area contributed by atoms with Gasteiger partial charge in [-0.2, -0.15) is 4.68 Å². The van der Waals surface area contributed by atoms with Gasteiger partial charge in [0.05, 0.1) is 11.6 Å². The highest BCUT2D eigenvalue weighted by atomic mass is 35.5. The summed E-state index contributed by atoms with van der Waals surface area (Å²) in [4.78, 5) is 27.0. The summed E-state index contributed by atoms with van der Waals surface area (Å²) < 4.78 is 14.4. The van der Waals surface area contributed by atoms with Crippen molar-refractivity contribution in [3.05, 3.63) is 81.9 Å². The van der Waals surface area contributed by atoms with Crippen LogP contribution in [0.2, 0.25) is 5.02 Å². The first kappa shape index (κ1) is 20.1. The smallest absolute Gasteiger partial charge is 0.271 e. The fraction of sp³-hybridized carbons (Fsp3) is 0.227. The maximum absolute atomic E-state index is 13.2. The zero-order valence-corrected chi connectivity index (χ0v) is 16.8. The maximum atomic E-state index is 13.2. The predicted octanol–water partition coefficient (Wildman–Crippen LogP) is 3.88. The van der Waals surface area contributed by atoms with E-state index in [4.69, 9.17) is 11.6 Å². The number of piperidine rings is 1. The number of anilines is 2. The maximum Gasteiger partial charge on any atom is 0.271 e. The summed E-state index contributed by atoms with van der Waals surface area (Å²) >= 11 is 5.89. The molecule has 8 heteroatoms. The molecular weight excluding hydrogens is 407 g/mol. The van der Waals surface area contributed by atoms with Crippen LogP contribution in [0.1, 0.15) is 12.8 Å². The molecule has 1 aliphatic heterocycles. The lowest BCUT2D eigenvalue weighted by molar-refractivity contribution is -0.120. The quantitative estimate of drug-likeness (QED) is 0.687. The summed E-state index contributed by atoms with van der Waals surface area (Å²) in [7, 11) is 0. The molecule has 1 atom stereocenters. The average Bonchev–Trinajstić information content (AvgIpc) is 2.76. The second kappa shape index (κ2) is 8.67. The zero-order valence-electron chi connectivity index (χ0n) is 16.1. The van der Waals surface area contributed by atoms with Crippen LogP contribution in [-0.4, -0.2) is 28.8 Å². The first-order valence-corrected chi connectivity index (χ1v) is 10.0. The third-order valence-electron chi connectivity index (χ3n) is 5.09. The predicted molar refractivity (Wildman–Crippen MR) is 115 cm³/mol. The van der Waals surface area contributed by atoms with Crippen LogP contribution >= 0.6 is 11.6 Å². The van der Waals surface area contributed by atoms with E-state index in [2.05, 4.69) is 10.4 Å². The number of hydrogen-bond acceptors (Lipinski definition) is 4. The summed E-state index contributed by atoms with van der Waals surface area (Å²) in [5.41, 5.74) is 0.876. The Morgan fingerprint density at radius 1 is 1.07 bits per heavy atom. The van der Waals surface area contributed by atoms with Crippen molar-refractivity contribution in [2.75, 3.05) is 23.3 Å². The van der Waals surface area contributed by atoms with Crippen LogP contribution in [0.15, 0.2) is 65.5 Å². The molecule has 30 heavy (non-hydrogen) atoms. The molecule has 6 nitrogen and oxygen atoms in total. The fourth-order valence-corrected chi connectivity index (χ4v) is 3.64. The lowest BCUT2D eigenvalue weighted by atomic mass is 9.97. The van der Waals surface area contributed by atoms with Crippen molar-refractivity contribution in [1.82, 2.24) is 9.78 Å². The number of nitrogens with one attached hydrogen (secondary N) is 1. The molecular formula is C22H20ClFN4O2. The molecule has 0 saturated carbocycles. The Labute approximate surface area is 177 Å². The SMILES string of the molecule is O=C(Nc1ccc(Cl)cc1)[C@@H]1CCCN(c2ccc(=O)n(-c3ccc(F)cc3)n2)C1. The molecule has 3 aromatic rings. The molecule has 0 aliphatic carbocycles. The molecule has 2 heterocycles. The highest BCUT2D eigenvalue weighted by Crippen LogP contribution is 2.23. The summed E-state index contributed by atoms with van der Waals surface area (Å²) in [5, 5.41) is 7.98. The van der Waals surface area contributed by atoms with Gasteiger partial charge in [0.2, 0.25) is 5.91 Å². The van der Waals surface area contributed by atoms with Gasteiger partial charge < -0.3 is 10.2 Å². The summed E-state index contributed by atoms with van der Waals surface area (Å²) in [6.45, 7) is 1.23. The third kappa shape index (κ3) is 4.52. The van der Waals surface area contributed by atoms with Crippen molar-refractivity contribution in [3.8, 4) is 5.69 Å². The van der Waals surface area contributed by atoms with Crippen molar-refractivity contribution in [2.45, 2.75) is 12.8 Å². The van der Waals surface area contributed by atoms with Crippen LogP contribution < -0.4 is 15.8 Å². The fourth-order valence-electron chi connectivity index (χ4n) is 3.51. The van der Waals surface area contributed by atoms with Crippen LogP contribution in [0.4, 0.5) is 15.9 Å². The van der Waals surface area contributed by atoms with Crippen molar-refractivity contribution >= 4 is 29.0 Å². The molecule has 1 amide bonds. The highest BCUT2D eigenvalue weighted by molar-refractivity contribution is 6.30. The van der Waals surface area contributed by atoms with Gasteiger partial charge in [-0.15, -0.1) is 5.10 Å². The van der Waals surface area contributed by atoms with Crippen molar-refractivity contribution in [1.29, 1.82) is 0 Å². The Morgan fingerprint density at radius 2 is 1.80 bits per heavy atom. The lowest BCUT2D eigenvalue weighted by Crippen LogP contribution is -2.41. The molecule has 1 N–H and O–H groups in total. The number of carbonyl (C=O) groups excluding carboxylic acids is 1. The van der Waals surface area contributed by atoms with Crippen molar-refractivity contribution in [3.63, 3.8) is 0 Å². The largest absolute Gasteiger partial charge is 0.354 e. The molecule has 4 rings (SSSR count). The molecule has 0 unspecified atom stereocenters. The van der Waals surface area contributed by atoms with E-state index in [1.165, 1.54) is 35.0 Å². The molecule has 154 valence electrons. The normalized spacial score (nSPS) is 16.3. The van der Waals surface area contributed by atoms with Crippen molar-refractivity contribution < 1.29 is 9.18 Å². The van der Waals surface area contributed by atoms with E-state index in [-0.39, 0.29) is 23.2 Å². The number of aromatic nitrogens is 2. The van der Waals surface area contributed by atoms with Gasteiger partial charge in [0.1, 0.15) is 11.6 Å². The van der Waals surface area contributed by atoms with Gasteiger partial charge >= 0.3 is 0 Å². The van der Waals surface area contributed by atoms with Crippen LogP contribution in [0.5, 0.6) is 0 Å². The van der Waals surface area contributed by atoms with E-state index in [1.807, 2.05) is 4.90 Å². The Balaban J connectivity index is 1.51. The second-order valence-corrected chi connectivity index (χ2v) is 7.64. The van der Waals surface area contributed by atoms with E-state index < -0.39 is 0 Å². The number of rotatable bonds is 4. The Hall–Kier alpha value is -3.19. The van der Waals surface area contributed by atoms with E-state index in [9.17, 15) is 14.0 Å². The topological polar surface area (TPSA) is 67.2 Å². The number of nitrogens with zero attached hydrogens (tertiary/aromatic N) is 3. The van der Waals surface area contributed by atoms with Crippen LogP contribution in [-0.2, 0) is 4.79 Å². The Bertz CT molecular complexity index is 1100. The van der Waals surface area contributed by atoms with Gasteiger partial charge in [-0.3, -0.25) is 9.59 Å². The molecule has 2 aromatic carbocycles. The van der Waals surface area contributed by atoms with Gasteiger partial charge in [0, 0.05) is 29.9 Å². The Kier molecular flexibility index (Phi) is 5.81. The monoisotopic (exact) mass is 426 g/mol. The first-order valence-electron chi connectivity index (χ1n) is 9.67. The van der Waals surface area contributed by atoms with E-state index in [1.54, 1.807) is 30.3 Å². The number of halogens is 2. The molecule has 0 bridgehead atoms. The molecule has 0 spiro atoms. The van der Waals surface area contributed by atoms with Crippen LogP contribution in [0.25, 0.3) is 5.69 Å². The number of benzene rings is 2. The second-order valence-electron chi connectivity index (χ2n) is 7.20. The highest BCUT2D eigenvalue weighted by Gasteiger charge is 2.27. The van der Waals surface area contributed by atoms with E-state index >= 15 is 0 Å². The minimum absolute atomic E-state index is 0.0612. The van der Waals surface area contributed by atoms with Gasteiger partial charge in [-0.05, 0) is 67.4 Å². The average molecular weight is 427 g/mol. The molecule has 0 radical (unpaired) electrons.